The molecule has 8 nitrogen and oxygen atoms in total. The number of fused-ring (bicyclic) bond motifs is 1. The third-order valence-corrected chi connectivity index (χ3v) is 6.91. The number of aromatic hydroxyl groups is 1. The molecule has 0 unspecified atom stereocenters. The first-order valence-corrected chi connectivity index (χ1v) is 11.8. The highest BCUT2D eigenvalue weighted by Crippen LogP contribution is 2.32. The average molecular weight is 477 g/mol. The van der Waals surface area contributed by atoms with Crippen LogP contribution in [0.15, 0.2) is 36.5 Å². The highest BCUT2D eigenvalue weighted by molar-refractivity contribution is 6.31. The lowest BCUT2D eigenvalue weighted by Gasteiger charge is -2.40. The van der Waals surface area contributed by atoms with E-state index < -0.39 is 5.91 Å². The van der Waals surface area contributed by atoms with Gasteiger partial charge in [-0.05, 0) is 49.6 Å². The fraction of sp³-hybridized carbons (Fsp3) is 0.360. The van der Waals surface area contributed by atoms with Gasteiger partial charge in [-0.3, -0.25) is 9.69 Å². The fourth-order valence-electron chi connectivity index (χ4n) is 4.57. The van der Waals surface area contributed by atoms with Crippen LogP contribution in [-0.2, 0) is 6.54 Å². The first-order chi connectivity index (χ1) is 16.4. The Balaban J connectivity index is 1.30. The summed E-state index contributed by atoms with van der Waals surface area (Å²) in [5, 5.41) is 23.3. The second-order valence-electron chi connectivity index (χ2n) is 8.92. The summed E-state index contributed by atoms with van der Waals surface area (Å²) in [6.45, 7) is 5.25. The van der Waals surface area contributed by atoms with Crippen LogP contribution >= 0.6 is 11.6 Å². The standard InChI is InChI=1S/C25H25ClN6O2/c1-15-14-31(8-9-32(15)18-4-5-18)22-7-6-19-21(30-22)13-28-23(24(19)33)25(34)29-12-17-3-2-16(11-27)10-20(17)26/h2-3,6-7,10,13,15,18,33H,4-5,8-9,12,14H2,1H3,(H,29,34)/t15-/m0/s1. The van der Waals surface area contributed by atoms with Crippen LogP contribution in [-0.4, -0.2) is 57.6 Å². The van der Waals surface area contributed by atoms with Gasteiger partial charge in [-0.1, -0.05) is 17.7 Å². The number of amides is 1. The SMILES string of the molecule is C[C@H]1CN(c2ccc3c(O)c(C(=O)NCc4ccc(C#N)cc4Cl)ncc3n2)CCN1C1CC1. The van der Waals surface area contributed by atoms with Crippen LogP contribution in [0, 0.1) is 11.3 Å². The van der Waals surface area contributed by atoms with Crippen molar-refractivity contribution in [3.05, 3.63) is 58.4 Å². The van der Waals surface area contributed by atoms with Gasteiger partial charge in [-0.15, -0.1) is 0 Å². The molecular weight excluding hydrogens is 452 g/mol. The number of halogens is 1. The predicted molar refractivity (Wildman–Crippen MR) is 130 cm³/mol. The van der Waals surface area contributed by atoms with Crippen LogP contribution in [0.1, 0.15) is 41.4 Å². The van der Waals surface area contributed by atoms with Crippen molar-refractivity contribution in [2.24, 2.45) is 0 Å². The Morgan fingerprint density at radius 2 is 2.12 bits per heavy atom. The minimum Gasteiger partial charge on any atom is -0.505 e. The highest BCUT2D eigenvalue weighted by atomic mass is 35.5. The normalized spacial score (nSPS) is 18.6. The van der Waals surface area contributed by atoms with Crippen molar-refractivity contribution in [2.75, 3.05) is 24.5 Å². The summed E-state index contributed by atoms with van der Waals surface area (Å²) in [5.41, 5.74) is 1.58. The number of pyridine rings is 2. The predicted octanol–water partition coefficient (Wildman–Crippen LogP) is 3.46. The zero-order valence-corrected chi connectivity index (χ0v) is 19.6. The van der Waals surface area contributed by atoms with Crippen LogP contribution in [0.5, 0.6) is 5.75 Å². The summed E-state index contributed by atoms with van der Waals surface area (Å²) < 4.78 is 0. The van der Waals surface area contributed by atoms with E-state index in [0.29, 0.717) is 33.1 Å². The number of carbonyl (C=O) groups is 1. The molecule has 1 aliphatic heterocycles. The van der Waals surface area contributed by atoms with Gasteiger partial charge in [0.15, 0.2) is 11.4 Å². The Kier molecular flexibility index (Phi) is 5.98. The van der Waals surface area contributed by atoms with Gasteiger partial charge in [0, 0.05) is 48.7 Å². The third kappa shape index (κ3) is 4.37. The minimum atomic E-state index is -0.520. The Hall–Kier alpha value is -3.41. The molecule has 1 saturated carbocycles. The number of benzene rings is 1. The number of nitrogens with one attached hydrogen (secondary N) is 1. The summed E-state index contributed by atoms with van der Waals surface area (Å²) in [7, 11) is 0. The second kappa shape index (κ2) is 9.09. The molecule has 1 atom stereocenters. The summed E-state index contributed by atoms with van der Waals surface area (Å²) in [6.07, 6.45) is 4.13. The van der Waals surface area contributed by atoms with Crippen molar-refractivity contribution in [3.8, 4) is 11.8 Å². The van der Waals surface area contributed by atoms with Gasteiger partial charge < -0.3 is 15.3 Å². The Morgan fingerprint density at radius 3 is 2.82 bits per heavy atom. The molecule has 34 heavy (non-hydrogen) atoms. The van der Waals surface area contributed by atoms with Crippen LogP contribution < -0.4 is 10.2 Å². The molecule has 174 valence electrons. The summed E-state index contributed by atoms with van der Waals surface area (Å²) in [6, 6.07) is 11.8. The summed E-state index contributed by atoms with van der Waals surface area (Å²) >= 11 is 6.18. The van der Waals surface area contributed by atoms with E-state index in [1.807, 2.05) is 12.1 Å². The Morgan fingerprint density at radius 1 is 1.29 bits per heavy atom. The van der Waals surface area contributed by atoms with E-state index in [4.69, 9.17) is 21.8 Å². The summed E-state index contributed by atoms with van der Waals surface area (Å²) in [5.74, 6) is 0.129. The molecule has 0 bridgehead atoms. The minimum absolute atomic E-state index is 0.0708. The lowest BCUT2D eigenvalue weighted by molar-refractivity contribution is 0.0943. The van der Waals surface area contributed by atoms with Gasteiger partial charge in [0.2, 0.25) is 0 Å². The topological polar surface area (TPSA) is 105 Å². The number of rotatable bonds is 5. The van der Waals surface area contributed by atoms with E-state index in [-0.39, 0.29) is 18.0 Å². The molecule has 1 saturated heterocycles. The van der Waals surface area contributed by atoms with Gasteiger partial charge in [-0.2, -0.15) is 5.26 Å². The van der Waals surface area contributed by atoms with Crippen molar-refractivity contribution in [1.29, 1.82) is 5.26 Å². The molecule has 1 aromatic carbocycles. The monoisotopic (exact) mass is 476 g/mol. The van der Waals surface area contributed by atoms with E-state index in [1.165, 1.54) is 19.0 Å². The molecule has 3 aromatic rings. The van der Waals surface area contributed by atoms with Crippen molar-refractivity contribution >= 4 is 34.2 Å². The van der Waals surface area contributed by atoms with Crippen LogP contribution in [0.3, 0.4) is 0 Å². The maximum atomic E-state index is 12.7. The molecule has 1 aliphatic carbocycles. The van der Waals surface area contributed by atoms with Crippen LogP contribution in [0.2, 0.25) is 5.02 Å². The number of carbonyl (C=O) groups excluding carboxylic acids is 1. The second-order valence-corrected chi connectivity index (χ2v) is 9.33. The molecule has 2 N–H and O–H groups in total. The Labute approximate surface area is 202 Å². The van der Waals surface area contributed by atoms with E-state index in [2.05, 4.69) is 27.0 Å². The molecule has 0 spiro atoms. The van der Waals surface area contributed by atoms with E-state index in [1.54, 1.807) is 24.3 Å². The molecule has 2 aliphatic rings. The molecule has 2 aromatic heterocycles. The number of hydrogen-bond acceptors (Lipinski definition) is 7. The van der Waals surface area contributed by atoms with Crippen molar-refractivity contribution in [3.63, 3.8) is 0 Å². The number of nitrogens with zero attached hydrogens (tertiary/aromatic N) is 5. The maximum Gasteiger partial charge on any atom is 0.274 e. The van der Waals surface area contributed by atoms with E-state index in [9.17, 15) is 9.90 Å². The van der Waals surface area contributed by atoms with Gasteiger partial charge in [0.05, 0.1) is 23.3 Å². The molecule has 5 rings (SSSR count). The highest BCUT2D eigenvalue weighted by Gasteiger charge is 2.35. The average Bonchev–Trinajstić information content (AvgIpc) is 3.68. The van der Waals surface area contributed by atoms with Crippen molar-refractivity contribution in [1.82, 2.24) is 20.2 Å². The Bertz CT molecular complexity index is 1300. The van der Waals surface area contributed by atoms with Crippen LogP contribution in [0.25, 0.3) is 10.9 Å². The maximum absolute atomic E-state index is 12.7. The van der Waals surface area contributed by atoms with Crippen molar-refractivity contribution in [2.45, 2.75) is 38.4 Å². The third-order valence-electron chi connectivity index (χ3n) is 6.56. The molecule has 1 amide bonds. The molecule has 2 fully saturated rings. The zero-order valence-electron chi connectivity index (χ0n) is 18.8. The fourth-order valence-corrected chi connectivity index (χ4v) is 4.81. The van der Waals surface area contributed by atoms with Gasteiger partial charge >= 0.3 is 0 Å². The molecule has 3 heterocycles. The summed E-state index contributed by atoms with van der Waals surface area (Å²) in [4.78, 5) is 26.4. The van der Waals surface area contributed by atoms with Gasteiger partial charge in [0.1, 0.15) is 5.82 Å². The van der Waals surface area contributed by atoms with E-state index >= 15 is 0 Å². The van der Waals surface area contributed by atoms with Crippen molar-refractivity contribution < 1.29 is 9.90 Å². The lowest BCUT2D eigenvalue weighted by atomic mass is 10.1. The first kappa shape index (κ1) is 22.4. The first-order valence-electron chi connectivity index (χ1n) is 11.4. The molecular formula is C25H25ClN6O2. The lowest BCUT2D eigenvalue weighted by Crippen LogP contribution is -2.52. The largest absolute Gasteiger partial charge is 0.505 e. The quantitative estimate of drug-likeness (QED) is 0.580. The molecule has 0 radical (unpaired) electrons. The van der Waals surface area contributed by atoms with Crippen LogP contribution in [0.4, 0.5) is 5.82 Å². The van der Waals surface area contributed by atoms with E-state index in [0.717, 1.165) is 31.5 Å². The zero-order chi connectivity index (χ0) is 23.8. The number of piperazine rings is 1. The van der Waals surface area contributed by atoms with Gasteiger partial charge in [-0.25, -0.2) is 9.97 Å². The number of anilines is 1. The number of aromatic nitrogens is 2. The number of hydrogen-bond donors (Lipinski definition) is 2. The number of nitriles is 1. The smallest absolute Gasteiger partial charge is 0.274 e. The van der Waals surface area contributed by atoms with Gasteiger partial charge in [0.25, 0.3) is 5.91 Å². The molecule has 9 heteroatoms.